The lowest BCUT2D eigenvalue weighted by molar-refractivity contribution is 0.999. The Labute approximate surface area is 82.9 Å². The van der Waals surface area contributed by atoms with Crippen LogP contribution in [0.4, 0.5) is 0 Å². The van der Waals surface area contributed by atoms with E-state index in [2.05, 4.69) is 21.9 Å². The van der Waals surface area contributed by atoms with Crippen LogP contribution in [0.3, 0.4) is 0 Å². The first-order valence-electron chi connectivity index (χ1n) is 4.62. The molecule has 0 radical (unpaired) electrons. The van der Waals surface area contributed by atoms with Crippen LogP contribution in [0.15, 0.2) is 36.8 Å². The van der Waals surface area contributed by atoms with Gasteiger partial charge in [0.05, 0.1) is 17.6 Å². The molecule has 0 aromatic carbocycles. The number of hydrogen-bond donors (Lipinski definition) is 0. The van der Waals surface area contributed by atoms with Crippen molar-refractivity contribution in [1.82, 2.24) is 15.0 Å². The van der Waals surface area contributed by atoms with E-state index in [4.69, 9.17) is 0 Å². The standard InChI is InChI=1S/C11H11N3/c1-2-9-7-14-11(8-13-9)10-5-3-4-6-12-10/h3-8H,2H2,1H3. The highest BCUT2D eigenvalue weighted by atomic mass is 14.8. The zero-order valence-corrected chi connectivity index (χ0v) is 8.01. The van der Waals surface area contributed by atoms with Crippen LogP contribution in [0.5, 0.6) is 0 Å². The van der Waals surface area contributed by atoms with E-state index in [1.807, 2.05) is 18.2 Å². The predicted molar refractivity (Wildman–Crippen MR) is 54.6 cm³/mol. The summed E-state index contributed by atoms with van der Waals surface area (Å²) in [5, 5.41) is 0. The maximum atomic E-state index is 4.29. The van der Waals surface area contributed by atoms with Gasteiger partial charge in [-0.05, 0) is 18.6 Å². The summed E-state index contributed by atoms with van der Waals surface area (Å²) in [4.78, 5) is 12.8. The number of rotatable bonds is 2. The van der Waals surface area contributed by atoms with Gasteiger partial charge >= 0.3 is 0 Å². The minimum absolute atomic E-state index is 0.822. The number of pyridine rings is 1. The third-order valence-corrected chi connectivity index (χ3v) is 1.99. The van der Waals surface area contributed by atoms with E-state index < -0.39 is 0 Å². The molecule has 2 aromatic heterocycles. The summed E-state index contributed by atoms with van der Waals surface area (Å²) >= 11 is 0. The van der Waals surface area contributed by atoms with Crippen molar-refractivity contribution in [2.45, 2.75) is 13.3 Å². The van der Waals surface area contributed by atoms with Crippen LogP contribution in [-0.4, -0.2) is 15.0 Å². The molecule has 0 N–H and O–H groups in total. The maximum absolute atomic E-state index is 4.29. The molecule has 0 aliphatic carbocycles. The Morgan fingerprint density at radius 1 is 1.00 bits per heavy atom. The molecule has 0 aliphatic heterocycles. The van der Waals surface area contributed by atoms with E-state index in [9.17, 15) is 0 Å². The normalized spacial score (nSPS) is 10.1. The second-order valence-corrected chi connectivity index (χ2v) is 2.96. The van der Waals surface area contributed by atoms with E-state index in [1.165, 1.54) is 0 Å². The van der Waals surface area contributed by atoms with Gasteiger partial charge in [0.2, 0.25) is 0 Å². The molecule has 0 unspecified atom stereocenters. The minimum Gasteiger partial charge on any atom is -0.257 e. The molecule has 2 rings (SSSR count). The van der Waals surface area contributed by atoms with Crippen LogP contribution in [-0.2, 0) is 6.42 Å². The van der Waals surface area contributed by atoms with E-state index in [0.29, 0.717) is 0 Å². The number of aromatic nitrogens is 3. The highest BCUT2D eigenvalue weighted by Crippen LogP contribution is 2.11. The molecule has 2 heterocycles. The molecule has 2 aromatic rings. The highest BCUT2D eigenvalue weighted by molar-refractivity contribution is 5.51. The molecular weight excluding hydrogens is 174 g/mol. The Morgan fingerprint density at radius 3 is 2.50 bits per heavy atom. The summed E-state index contributed by atoms with van der Waals surface area (Å²) in [5.41, 5.74) is 2.69. The van der Waals surface area contributed by atoms with Crippen molar-refractivity contribution in [3.8, 4) is 11.4 Å². The second kappa shape index (κ2) is 3.96. The van der Waals surface area contributed by atoms with Gasteiger partial charge in [-0.1, -0.05) is 13.0 Å². The van der Waals surface area contributed by atoms with E-state index in [-0.39, 0.29) is 0 Å². The molecule has 3 nitrogen and oxygen atoms in total. The number of nitrogens with zero attached hydrogens (tertiary/aromatic N) is 3. The van der Waals surface area contributed by atoms with Gasteiger partial charge in [-0.3, -0.25) is 15.0 Å². The first kappa shape index (κ1) is 8.81. The quantitative estimate of drug-likeness (QED) is 0.719. The minimum atomic E-state index is 0.822. The molecule has 0 atom stereocenters. The summed E-state index contributed by atoms with van der Waals surface area (Å²) in [6, 6.07) is 5.75. The van der Waals surface area contributed by atoms with Crippen molar-refractivity contribution in [2.75, 3.05) is 0 Å². The Morgan fingerprint density at radius 2 is 1.93 bits per heavy atom. The Hall–Kier alpha value is -1.77. The van der Waals surface area contributed by atoms with Gasteiger partial charge in [-0.2, -0.15) is 0 Å². The van der Waals surface area contributed by atoms with Gasteiger partial charge in [0.25, 0.3) is 0 Å². The highest BCUT2D eigenvalue weighted by Gasteiger charge is 1.99. The zero-order valence-electron chi connectivity index (χ0n) is 8.01. The van der Waals surface area contributed by atoms with Gasteiger partial charge in [0.1, 0.15) is 5.69 Å². The van der Waals surface area contributed by atoms with E-state index >= 15 is 0 Å². The fourth-order valence-electron chi connectivity index (χ4n) is 1.18. The lowest BCUT2D eigenvalue weighted by Crippen LogP contribution is -1.92. The molecule has 70 valence electrons. The van der Waals surface area contributed by atoms with Crippen LogP contribution >= 0.6 is 0 Å². The summed E-state index contributed by atoms with van der Waals surface area (Å²) in [6.07, 6.45) is 6.23. The molecule has 0 aliphatic rings. The first-order valence-corrected chi connectivity index (χ1v) is 4.62. The molecular formula is C11H11N3. The molecule has 0 saturated heterocycles. The van der Waals surface area contributed by atoms with Crippen molar-refractivity contribution < 1.29 is 0 Å². The molecule has 0 amide bonds. The fraction of sp³-hybridized carbons (Fsp3) is 0.182. The first-order chi connectivity index (χ1) is 6.90. The third-order valence-electron chi connectivity index (χ3n) is 1.99. The van der Waals surface area contributed by atoms with Gasteiger partial charge < -0.3 is 0 Å². The Kier molecular flexibility index (Phi) is 2.49. The fourth-order valence-corrected chi connectivity index (χ4v) is 1.18. The van der Waals surface area contributed by atoms with Gasteiger partial charge in [0.15, 0.2) is 0 Å². The molecule has 0 bridgehead atoms. The van der Waals surface area contributed by atoms with Crippen molar-refractivity contribution in [2.24, 2.45) is 0 Å². The lowest BCUT2D eigenvalue weighted by atomic mass is 10.3. The number of aryl methyl sites for hydroxylation is 1. The summed E-state index contributed by atoms with van der Waals surface area (Å²) < 4.78 is 0. The van der Waals surface area contributed by atoms with Crippen molar-refractivity contribution in [3.63, 3.8) is 0 Å². The summed E-state index contributed by atoms with van der Waals surface area (Å²) in [7, 11) is 0. The van der Waals surface area contributed by atoms with Crippen LogP contribution in [0.2, 0.25) is 0 Å². The van der Waals surface area contributed by atoms with E-state index in [0.717, 1.165) is 23.5 Å². The molecule has 3 heteroatoms. The van der Waals surface area contributed by atoms with Crippen molar-refractivity contribution in [1.29, 1.82) is 0 Å². The SMILES string of the molecule is CCc1cnc(-c2ccccn2)cn1. The average molecular weight is 185 g/mol. The molecule has 0 saturated carbocycles. The monoisotopic (exact) mass is 185 g/mol. The van der Waals surface area contributed by atoms with Gasteiger partial charge in [-0.15, -0.1) is 0 Å². The number of hydrogen-bond acceptors (Lipinski definition) is 3. The lowest BCUT2D eigenvalue weighted by Gasteiger charge is -1.99. The predicted octanol–water partition coefficient (Wildman–Crippen LogP) is 2.10. The largest absolute Gasteiger partial charge is 0.257 e. The van der Waals surface area contributed by atoms with Crippen LogP contribution in [0.25, 0.3) is 11.4 Å². The summed E-state index contributed by atoms with van der Waals surface area (Å²) in [5.74, 6) is 0. The van der Waals surface area contributed by atoms with Crippen LogP contribution in [0.1, 0.15) is 12.6 Å². The Bertz CT molecular complexity index is 395. The van der Waals surface area contributed by atoms with Crippen LogP contribution < -0.4 is 0 Å². The topological polar surface area (TPSA) is 38.7 Å². The van der Waals surface area contributed by atoms with Crippen molar-refractivity contribution in [3.05, 3.63) is 42.5 Å². The smallest absolute Gasteiger partial charge is 0.107 e. The third kappa shape index (κ3) is 1.76. The molecule has 14 heavy (non-hydrogen) atoms. The summed E-state index contributed by atoms with van der Waals surface area (Å²) in [6.45, 7) is 2.06. The van der Waals surface area contributed by atoms with Crippen LogP contribution in [0, 0.1) is 0 Å². The van der Waals surface area contributed by atoms with Crippen molar-refractivity contribution >= 4 is 0 Å². The van der Waals surface area contributed by atoms with Gasteiger partial charge in [-0.25, -0.2) is 0 Å². The average Bonchev–Trinajstić information content (AvgIpc) is 2.30. The Balaban J connectivity index is 2.34. The molecule has 0 fully saturated rings. The van der Waals surface area contributed by atoms with Gasteiger partial charge in [0, 0.05) is 12.4 Å². The zero-order chi connectivity index (χ0) is 9.80. The molecule has 0 spiro atoms. The van der Waals surface area contributed by atoms with E-state index in [1.54, 1.807) is 18.6 Å². The maximum Gasteiger partial charge on any atom is 0.107 e. The second-order valence-electron chi connectivity index (χ2n) is 2.96.